The SMILES string of the molecule is C[C@@H]1CN(C(=O)c2ccc(NCC[C@@H]3CCCO3)cc2)C[C@H](C)O1. The molecule has 2 heterocycles. The standard InChI is InChI=1S/C19H28N2O3/c1-14-12-21(13-15(2)24-14)19(22)16-5-7-17(8-6-16)20-10-9-18-4-3-11-23-18/h5-8,14-15,18,20H,3-4,9-13H2,1-2H3/t14-,15+,18-/m0/s1. The van der Waals surface area contributed by atoms with Gasteiger partial charge in [0.2, 0.25) is 0 Å². The second-order valence-corrected chi connectivity index (χ2v) is 6.90. The molecule has 24 heavy (non-hydrogen) atoms. The first kappa shape index (κ1) is 17.2. The Morgan fingerprint density at radius 2 is 1.92 bits per heavy atom. The molecular weight excluding hydrogens is 304 g/mol. The van der Waals surface area contributed by atoms with Crippen LogP contribution in [0.3, 0.4) is 0 Å². The van der Waals surface area contributed by atoms with Crippen LogP contribution in [0.5, 0.6) is 0 Å². The van der Waals surface area contributed by atoms with Crippen molar-refractivity contribution in [1.29, 1.82) is 0 Å². The lowest BCUT2D eigenvalue weighted by molar-refractivity contribution is -0.0586. The lowest BCUT2D eigenvalue weighted by atomic mass is 10.1. The molecule has 2 saturated heterocycles. The van der Waals surface area contributed by atoms with Gasteiger partial charge in [0.05, 0.1) is 18.3 Å². The second-order valence-electron chi connectivity index (χ2n) is 6.90. The van der Waals surface area contributed by atoms with Crippen molar-refractivity contribution in [3.8, 4) is 0 Å². The molecule has 2 fully saturated rings. The third kappa shape index (κ3) is 4.48. The molecule has 0 saturated carbocycles. The Morgan fingerprint density at radius 3 is 2.54 bits per heavy atom. The first-order valence-electron chi connectivity index (χ1n) is 9.02. The second kappa shape index (κ2) is 7.99. The molecule has 0 unspecified atom stereocenters. The van der Waals surface area contributed by atoms with Gasteiger partial charge in [0, 0.05) is 37.5 Å². The molecule has 0 aliphatic carbocycles. The number of hydrogen-bond donors (Lipinski definition) is 1. The molecule has 2 aliphatic rings. The minimum absolute atomic E-state index is 0.0860. The fraction of sp³-hybridized carbons (Fsp3) is 0.632. The van der Waals surface area contributed by atoms with Gasteiger partial charge >= 0.3 is 0 Å². The Kier molecular flexibility index (Phi) is 5.74. The third-order valence-electron chi connectivity index (χ3n) is 4.66. The maximum Gasteiger partial charge on any atom is 0.254 e. The van der Waals surface area contributed by atoms with Gasteiger partial charge in [-0.05, 0) is 57.4 Å². The fourth-order valence-corrected chi connectivity index (χ4v) is 3.51. The smallest absolute Gasteiger partial charge is 0.254 e. The average molecular weight is 332 g/mol. The van der Waals surface area contributed by atoms with E-state index in [1.807, 2.05) is 43.0 Å². The van der Waals surface area contributed by atoms with Crippen molar-refractivity contribution in [3.63, 3.8) is 0 Å². The van der Waals surface area contributed by atoms with Gasteiger partial charge < -0.3 is 19.7 Å². The van der Waals surface area contributed by atoms with Gasteiger partial charge in [-0.3, -0.25) is 4.79 Å². The number of nitrogens with zero attached hydrogens (tertiary/aromatic N) is 1. The number of carbonyl (C=O) groups is 1. The Balaban J connectivity index is 1.50. The van der Waals surface area contributed by atoms with Gasteiger partial charge in [-0.1, -0.05) is 0 Å². The van der Waals surface area contributed by atoms with Crippen molar-refractivity contribution < 1.29 is 14.3 Å². The van der Waals surface area contributed by atoms with Crippen molar-refractivity contribution >= 4 is 11.6 Å². The molecule has 0 aromatic heterocycles. The normalized spacial score (nSPS) is 27.2. The summed E-state index contributed by atoms with van der Waals surface area (Å²) in [5.41, 5.74) is 1.79. The molecule has 1 amide bonds. The van der Waals surface area contributed by atoms with Gasteiger partial charge in [-0.25, -0.2) is 0 Å². The van der Waals surface area contributed by atoms with E-state index in [1.54, 1.807) is 0 Å². The van der Waals surface area contributed by atoms with Crippen LogP contribution in [-0.4, -0.2) is 55.4 Å². The van der Waals surface area contributed by atoms with Gasteiger partial charge in [-0.2, -0.15) is 0 Å². The van der Waals surface area contributed by atoms with E-state index in [0.29, 0.717) is 19.2 Å². The fourth-order valence-electron chi connectivity index (χ4n) is 3.51. The third-order valence-corrected chi connectivity index (χ3v) is 4.66. The van der Waals surface area contributed by atoms with Crippen LogP contribution in [0, 0.1) is 0 Å². The van der Waals surface area contributed by atoms with Gasteiger partial charge in [0.15, 0.2) is 0 Å². The molecule has 1 aromatic carbocycles. The molecule has 3 atom stereocenters. The van der Waals surface area contributed by atoms with Crippen molar-refractivity contribution in [1.82, 2.24) is 4.90 Å². The summed E-state index contributed by atoms with van der Waals surface area (Å²) in [6.45, 7) is 7.14. The van der Waals surface area contributed by atoms with E-state index in [1.165, 1.54) is 12.8 Å². The lowest BCUT2D eigenvalue weighted by Crippen LogP contribution is -2.48. The van der Waals surface area contributed by atoms with Crippen molar-refractivity contribution in [2.45, 2.75) is 51.4 Å². The zero-order chi connectivity index (χ0) is 16.9. The summed E-state index contributed by atoms with van der Waals surface area (Å²) in [4.78, 5) is 14.5. The Bertz CT molecular complexity index is 530. The van der Waals surface area contributed by atoms with Crippen molar-refractivity contribution in [2.75, 3.05) is 31.6 Å². The Labute approximate surface area is 144 Å². The summed E-state index contributed by atoms with van der Waals surface area (Å²) in [5, 5.41) is 3.41. The minimum atomic E-state index is 0.0860. The Hall–Kier alpha value is -1.59. The summed E-state index contributed by atoms with van der Waals surface area (Å²) < 4.78 is 11.3. The molecule has 1 N–H and O–H groups in total. The number of anilines is 1. The first-order chi connectivity index (χ1) is 11.6. The van der Waals surface area contributed by atoms with Crippen LogP contribution < -0.4 is 5.32 Å². The van der Waals surface area contributed by atoms with E-state index in [0.717, 1.165) is 30.8 Å². The number of hydrogen-bond acceptors (Lipinski definition) is 4. The average Bonchev–Trinajstić information content (AvgIpc) is 3.07. The highest BCUT2D eigenvalue weighted by atomic mass is 16.5. The highest BCUT2D eigenvalue weighted by Crippen LogP contribution is 2.18. The predicted octanol–water partition coefficient (Wildman–Crippen LogP) is 2.92. The maximum atomic E-state index is 12.6. The highest BCUT2D eigenvalue weighted by molar-refractivity contribution is 5.94. The van der Waals surface area contributed by atoms with Crippen LogP contribution in [0.25, 0.3) is 0 Å². The molecular formula is C19H28N2O3. The zero-order valence-corrected chi connectivity index (χ0v) is 14.7. The minimum Gasteiger partial charge on any atom is -0.385 e. The molecule has 132 valence electrons. The van der Waals surface area contributed by atoms with E-state index in [2.05, 4.69) is 5.32 Å². The summed E-state index contributed by atoms with van der Waals surface area (Å²) in [5.74, 6) is 0.0860. The van der Waals surface area contributed by atoms with Crippen LogP contribution >= 0.6 is 0 Å². The van der Waals surface area contributed by atoms with E-state index in [4.69, 9.17) is 9.47 Å². The van der Waals surface area contributed by atoms with Crippen LogP contribution in [0.15, 0.2) is 24.3 Å². The van der Waals surface area contributed by atoms with E-state index >= 15 is 0 Å². The number of nitrogens with one attached hydrogen (secondary N) is 1. The summed E-state index contributed by atoms with van der Waals surface area (Å²) >= 11 is 0. The van der Waals surface area contributed by atoms with Crippen LogP contribution in [0.1, 0.15) is 43.5 Å². The number of benzene rings is 1. The van der Waals surface area contributed by atoms with Crippen molar-refractivity contribution in [3.05, 3.63) is 29.8 Å². The van der Waals surface area contributed by atoms with E-state index < -0.39 is 0 Å². The van der Waals surface area contributed by atoms with Crippen LogP contribution in [0.2, 0.25) is 0 Å². The lowest BCUT2D eigenvalue weighted by Gasteiger charge is -2.35. The van der Waals surface area contributed by atoms with Crippen LogP contribution in [0.4, 0.5) is 5.69 Å². The zero-order valence-electron chi connectivity index (χ0n) is 14.7. The number of morpholine rings is 1. The molecule has 5 heteroatoms. The first-order valence-corrected chi connectivity index (χ1v) is 9.02. The predicted molar refractivity (Wildman–Crippen MR) is 94.4 cm³/mol. The molecule has 0 bridgehead atoms. The van der Waals surface area contributed by atoms with E-state index in [9.17, 15) is 4.79 Å². The van der Waals surface area contributed by atoms with Crippen molar-refractivity contribution in [2.24, 2.45) is 0 Å². The number of amides is 1. The number of ether oxygens (including phenoxy) is 2. The molecule has 1 aromatic rings. The largest absolute Gasteiger partial charge is 0.385 e. The monoisotopic (exact) mass is 332 g/mol. The molecule has 2 aliphatic heterocycles. The summed E-state index contributed by atoms with van der Waals surface area (Å²) in [6, 6.07) is 7.77. The molecule has 5 nitrogen and oxygen atoms in total. The van der Waals surface area contributed by atoms with Gasteiger partial charge in [0.25, 0.3) is 5.91 Å². The number of rotatable bonds is 5. The summed E-state index contributed by atoms with van der Waals surface area (Å²) in [7, 11) is 0. The summed E-state index contributed by atoms with van der Waals surface area (Å²) in [6.07, 6.45) is 3.98. The molecule has 0 radical (unpaired) electrons. The Morgan fingerprint density at radius 1 is 1.21 bits per heavy atom. The quantitative estimate of drug-likeness (QED) is 0.901. The van der Waals surface area contributed by atoms with Gasteiger partial charge in [0.1, 0.15) is 0 Å². The molecule has 0 spiro atoms. The topological polar surface area (TPSA) is 50.8 Å². The van der Waals surface area contributed by atoms with Gasteiger partial charge in [-0.15, -0.1) is 0 Å². The highest BCUT2D eigenvalue weighted by Gasteiger charge is 2.26. The molecule has 3 rings (SSSR count). The van der Waals surface area contributed by atoms with E-state index in [-0.39, 0.29) is 18.1 Å². The number of carbonyl (C=O) groups excluding carboxylic acids is 1. The van der Waals surface area contributed by atoms with Crippen LogP contribution in [-0.2, 0) is 9.47 Å². The maximum absolute atomic E-state index is 12.6.